The second-order valence-corrected chi connectivity index (χ2v) is 3.90. The van der Waals surface area contributed by atoms with Gasteiger partial charge in [-0.05, 0) is 23.8 Å². The molecule has 2 aromatic heterocycles. The highest BCUT2D eigenvalue weighted by atomic mass is 32.2. The summed E-state index contributed by atoms with van der Waals surface area (Å²) in [5.41, 5.74) is 0. The molecule has 0 aromatic carbocycles. The normalized spacial score (nSPS) is 10.6. The first-order chi connectivity index (χ1) is 5.42. The summed E-state index contributed by atoms with van der Waals surface area (Å²) < 4.78 is 1.32. The average Bonchev–Trinajstić information content (AvgIpc) is 2.50. The number of rotatable bonds is 1. The summed E-state index contributed by atoms with van der Waals surface area (Å²) >= 11 is 3.46. The van der Waals surface area contributed by atoms with Crippen molar-refractivity contribution >= 4 is 33.2 Å². The van der Waals surface area contributed by atoms with Crippen molar-refractivity contribution in [2.75, 3.05) is 6.26 Å². The summed E-state index contributed by atoms with van der Waals surface area (Å²) in [6.45, 7) is 0. The molecule has 0 saturated carbocycles. The third kappa shape index (κ3) is 1.14. The fourth-order valence-electron chi connectivity index (χ4n) is 1.03. The number of pyridine rings is 1. The standard InChI is InChI=1S/C8H7NS2/c1-10-8-6-3-5-11-7(6)2-4-9-8/h2-5H,1H3. The summed E-state index contributed by atoms with van der Waals surface area (Å²) in [6, 6.07) is 4.18. The maximum atomic E-state index is 4.27. The monoisotopic (exact) mass is 181 g/mol. The van der Waals surface area contributed by atoms with Crippen LogP contribution in [0.5, 0.6) is 0 Å². The molecule has 1 nitrogen and oxygen atoms in total. The minimum atomic E-state index is 1.13. The molecule has 0 fully saturated rings. The Labute approximate surface area is 73.5 Å². The first-order valence-corrected chi connectivity index (χ1v) is 5.38. The van der Waals surface area contributed by atoms with Crippen LogP contribution in [-0.2, 0) is 0 Å². The highest BCUT2D eigenvalue weighted by Gasteiger charge is 1.99. The van der Waals surface area contributed by atoms with Crippen LogP contribution >= 0.6 is 23.1 Å². The van der Waals surface area contributed by atoms with E-state index in [-0.39, 0.29) is 0 Å². The Balaban J connectivity index is 2.79. The Hall–Kier alpha value is -0.540. The van der Waals surface area contributed by atoms with Crippen LogP contribution in [-0.4, -0.2) is 11.2 Å². The molecule has 56 valence electrons. The van der Waals surface area contributed by atoms with Gasteiger partial charge in [-0.2, -0.15) is 0 Å². The molecule has 2 rings (SSSR count). The van der Waals surface area contributed by atoms with E-state index in [4.69, 9.17) is 0 Å². The summed E-state index contributed by atoms with van der Waals surface area (Å²) in [6.07, 6.45) is 3.92. The molecule has 0 radical (unpaired) electrons. The Bertz CT molecular complexity index is 367. The number of thiophene rings is 1. The van der Waals surface area contributed by atoms with Crippen LogP contribution in [0.2, 0.25) is 0 Å². The maximum absolute atomic E-state index is 4.27. The van der Waals surface area contributed by atoms with E-state index in [0.29, 0.717) is 0 Å². The fraction of sp³-hybridized carbons (Fsp3) is 0.125. The van der Waals surface area contributed by atoms with Crippen LogP contribution in [0.4, 0.5) is 0 Å². The van der Waals surface area contributed by atoms with Crippen molar-refractivity contribution in [1.82, 2.24) is 4.98 Å². The summed E-state index contributed by atoms with van der Waals surface area (Å²) in [7, 11) is 0. The summed E-state index contributed by atoms with van der Waals surface area (Å²) in [4.78, 5) is 4.27. The first kappa shape index (κ1) is 7.13. The second-order valence-electron chi connectivity index (χ2n) is 2.15. The van der Waals surface area contributed by atoms with Crippen LogP contribution in [0.3, 0.4) is 0 Å². The highest BCUT2D eigenvalue weighted by Crippen LogP contribution is 2.27. The van der Waals surface area contributed by atoms with Crippen LogP contribution in [0.15, 0.2) is 28.7 Å². The molecule has 3 heteroatoms. The molecule has 0 amide bonds. The Kier molecular flexibility index (Phi) is 1.84. The van der Waals surface area contributed by atoms with Crippen molar-refractivity contribution in [3.8, 4) is 0 Å². The molecule has 0 N–H and O–H groups in total. The molecule has 2 aromatic rings. The SMILES string of the molecule is CSc1nccc2sccc12. The molecule has 0 aliphatic rings. The molecule has 11 heavy (non-hydrogen) atoms. The topological polar surface area (TPSA) is 12.9 Å². The Morgan fingerprint density at radius 2 is 2.36 bits per heavy atom. The lowest BCUT2D eigenvalue weighted by Crippen LogP contribution is -1.75. The zero-order chi connectivity index (χ0) is 7.68. The van der Waals surface area contributed by atoms with Crippen LogP contribution in [0, 0.1) is 0 Å². The Morgan fingerprint density at radius 3 is 3.18 bits per heavy atom. The van der Waals surface area contributed by atoms with E-state index in [2.05, 4.69) is 28.8 Å². The molecule has 0 bridgehead atoms. The van der Waals surface area contributed by atoms with Crippen LogP contribution < -0.4 is 0 Å². The van der Waals surface area contributed by atoms with Crippen molar-refractivity contribution in [2.24, 2.45) is 0 Å². The van der Waals surface area contributed by atoms with Gasteiger partial charge in [0.25, 0.3) is 0 Å². The molecular weight excluding hydrogens is 174 g/mol. The second kappa shape index (κ2) is 2.83. The van der Waals surface area contributed by atoms with E-state index in [1.165, 1.54) is 10.1 Å². The lowest BCUT2D eigenvalue weighted by molar-refractivity contribution is 1.18. The van der Waals surface area contributed by atoms with Crippen molar-refractivity contribution in [3.63, 3.8) is 0 Å². The molecule has 0 spiro atoms. The molecule has 0 aliphatic carbocycles. The molecule has 0 unspecified atom stereocenters. The molecule has 0 saturated heterocycles. The minimum absolute atomic E-state index is 1.13. The van der Waals surface area contributed by atoms with E-state index in [1.54, 1.807) is 23.1 Å². The quantitative estimate of drug-likeness (QED) is 0.627. The van der Waals surface area contributed by atoms with Crippen molar-refractivity contribution in [3.05, 3.63) is 23.7 Å². The number of aromatic nitrogens is 1. The van der Waals surface area contributed by atoms with Crippen LogP contribution in [0.1, 0.15) is 0 Å². The maximum Gasteiger partial charge on any atom is 0.104 e. The van der Waals surface area contributed by atoms with Crippen molar-refractivity contribution in [2.45, 2.75) is 5.03 Å². The molecular formula is C8H7NS2. The average molecular weight is 181 g/mol. The minimum Gasteiger partial charge on any atom is -0.249 e. The number of fused-ring (bicyclic) bond motifs is 1. The summed E-state index contributed by atoms with van der Waals surface area (Å²) in [5.74, 6) is 0. The third-order valence-corrected chi connectivity index (χ3v) is 3.13. The predicted molar refractivity (Wildman–Crippen MR) is 51.4 cm³/mol. The van der Waals surface area contributed by atoms with Crippen molar-refractivity contribution in [1.29, 1.82) is 0 Å². The van der Waals surface area contributed by atoms with Crippen molar-refractivity contribution < 1.29 is 0 Å². The van der Waals surface area contributed by atoms with Gasteiger partial charge in [0.05, 0.1) is 0 Å². The van der Waals surface area contributed by atoms with Gasteiger partial charge in [0.1, 0.15) is 5.03 Å². The van der Waals surface area contributed by atoms with Gasteiger partial charge in [0.15, 0.2) is 0 Å². The highest BCUT2D eigenvalue weighted by molar-refractivity contribution is 7.98. The largest absolute Gasteiger partial charge is 0.249 e. The van der Waals surface area contributed by atoms with Gasteiger partial charge in [-0.3, -0.25) is 0 Å². The van der Waals surface area contributed by atoms with E-state index in [1.807, 2.05) is 6.20 Å². The first-order valence-electron chi connectivity index (χ1n) is 3.28. The van der Waals surface area contributed by atoms with Gasteiger partial charge in [-0.15, -0.1) is 23.1 Å². The molecule has 0 atom stereocenters. The predicted octanol–water partition coefficient (Wildman–Crippen LogP) is 3.02. The van der Waals surface area contributed by atoms with E-state index < -0.39 is 0 Å². The Morgan fingerprint density at radius 1 is 1.45 bits per heavy atom. The molecule has 0 aliphatic heterocycles. The number of hydrogen-bond acceptors (Lipinski definition) is 3. The summed E-state index contributed by atoms with van der Waals surface area (Å²) in [5, 5.41) is 4.51. The number of nitrogens with zero attached hydrogens (tertiary/aromatic N) is 1. The van der Waals surface area contributed by atoms with Gasteiger partial charge in [0, 0.05) is 16.3 Å². The number of hydrogen-bond donors (Lipinski definition) is 0. The third-order valence-electron chi connectivity index (χ3n) is 1.54. The van der Waals surface area contributed by atoms with Gasteiger partial charge in [-0.1, -0.05) is 0 Å². The van der Waals surface area contributed by atoms with Gasteiger partial charge in [-0.25, -0.2) is 4.98 Å². The number of thioether (sulfide) groups is 1. The van der Waals surface area contributed by atoms with E-state index >= 15 is 0 Å². The van der Waals surface area contributed by atoms with Crippen LogP contribution in [0.25, 0.3) is 10.1 Å². The lowest BCUT2D eigenvalue weighted by Gasteiger charge is -1.94. The molecule has 2 heterocycles. The van der Waals surface area contributed by atoms with Gasteiger partial charge < -0.3 is 0 Å². The van der Waals surface area contributed by atoms with E-state index in [9.17, 15) is 0 Å². The van der Waals surface area contributed by atoms with E-state index in [0.717, 1.165) is 5.03 Å². The smallest absolute Gasteiger partial charge is 0.104 e. The lowest BCUT2D eigenvalue weighted by atomic mass is 10.3. The fourth-order valence-corrected chi connectivity index (χ4v) is 2.44. The van der Waals surface area contributed by atoms with Gasteiger partial charge >= 0.3 is 0 Å². The van der Waals surface area contributed by atoms with Gasteiger partial charge in [0.2, 0.25) is 0 Å². The zero-order valence-electron chi connectivity index (χ0n) is 6.07. The zero-order valence-corrected chi connectivity index (χ0v) is 7.71.